The maximum absolute atomic E-state index is 12.5. The van der Waals surface area contributed by atoms with Crippen molar-refractivity contribution in [2.45, 2.75) is 24.3 Å². The number of nitrogens with one attached hydrogen (secondary N) is 1. The van der Waals surface area contributed by atoms with Crippen LogP contribution in [-0.4, -0.2) is 31.4 Å². The van der Waals surface area contributed by atoms with Crippen LogP contribution in [0.2, 0.25) is 10.0 Å². The molecule has 2 aromatic carbocycles. The number of amides is 1. The van der Waals surface area contributed by atoms with Gasteiger partial charge in [0.25, 0.3) is 0 Å². The number of hydrogen-bond donors (Lipinski definition) is 1. The van der Waals surface area contributed by atoms with E-state index in [0.717, 1.165) is 11.3 Å². The Morgan fingerprint density at radius 2 is 1.88 bits per heavy atom. The fourth-order valence-electron chi connectivity index (χ4n) is 2.29. The lowest BCUT2D eigenvalue weighted by molar-refractivity contribution is -0.115. The van der Waals surface area contributed by atoms with Crippen molar-refractivity contribution in [3.8, 4) is 5.69 Å². The van der Waals surface area contributed by atoms with Crippen LogP contribution in [0.1, 0.15) is 12.5 Å². The molecule has 6 nitrogen and oxygen atoms in total. The lowest BCUT2D eigenvalue weighted by Gasteiger charge is -2.13. The smallest absolute Gasteiger partial charge is 0.237 e. The monoisotopic (exact) mass is 407 g/mol. The molecule has 1 N–H and O–H groups in total. The maximum Gasteiger partial charge on any atom is 0.237 e. The lowest BCUT2D eigenvalue weighted by Crippen LogP contribution is -2.23. The molecule has 3 aromatic rings. The van der Waals surface area contributed by atoms with Gasteiger partial charge in [-0.2, -0.15) is 4.68 Å². The number of carbonyl (C=O) groups excluding carboxylic acids is 1. The second-order valence-corrected chi connectivity index (χ2v) is 7.75. The number of rotatable bonds is 5. The molecule has 1 aromatic heterocycles. The third-order valence-corrected chi connectivity index (χ3v) is 5.04. The number of para-hydroxylation sites is 1. The van der Waals surface area contributed by atoms with Gasteiger partial charge in [0.15, 0.2) is 0 Å². The first-order valence-electron chi connectivity index (χ1n) is 7.72. The van der Waals surface area contributed by atoms with Gasteiger partial charge in [-0.15, -0.1) is 5.10 Å². The van der Waals surface area contributed by atoms with Crippen LogP contribution < -0.4 is 5.32 Å². The number of benzene rings is 2. The van der Waals surface area contributed by atoms with E-state index in [2.05, 4.69) is 20.8 Å². The van der Waals surface area contributed by atoms with Crippen LogP contribution in [0.4, 0.5) is 5.69 Å². The van der Waals surface area contributed by atoms with Crippen LogP contribution >= 0.6 is 35.0 Å². The van der Waals surface area contributed by atoms with Gasteiger partial charge in [-0.1, -0.05) is 53.2 Å². The summed E-state index contributed by atoms with van der Waals surface area (Å²) in [6, 6.07) is 12.6. The normalized spacial score (nSPS) is 12.0. The molecule has 9 heteroatoms. The number of anilines is 1. The third kappa shape index (κ3) is 4.35. The number of hydrogen-bond acceptors (Lipinski definition) is 5. The SMILES string of the molecule is Cc1ccccc1-n1nnnc1S[C@@H](C)C(=O)Nc1cc(Cl)cc(Cl)c1. The molecule has 1 heterocycles. The summed E-state index contributed by atoms with van der Waals surface area (Å²) in [4.78, 5) is 12.5. The molecule has 134 valence electrons. The zero-order valence-electron chi connectivity index (χ0n) is 14.0. The number of thioether (sulfide) groups is 1. The van der Waals surface area contributed by atoms with E-state index in [9.17, 15) is 4.79 Å². The zero-order chi connectivity index (χ0) is 18.7. The number of halogens is 2. The molecule has 0 aliphatic rings. The molecule has 0 aliphatic carbocycles. The summed E-state index contributed by atoms with van der Waals surface area (Å²) in [6.07, 6.45) is 0. The second kappa shape index (κ2) is 8.07. The lowest BCUT2D eigenvalue weighted by atomic mass is 10.2. The van der Waals surface area contributed by atoms with Crippen LogP contribution in [0.25, 0.3) is 5.69 Å². The summed E-state index contributed by atoms with van der Waals surface area (Å²) in [5.41, 5.74) is 2.44. The van der Waals surface area contributed by atoms with E-state index in [1.165, 1.54) is 11.8 Å². The van der Waals surface area contributed by atoms with Gasteiger partial charge in [0.05, 0.1) is 10.9 Å². The van der Waals surface area contributed by atoms with Gasteiger partial charge in [0.1, 0.15) is 0 Å². The van der Waals surface area contributed by atoms with E-state index in [1.54, 1.807) is 29.8 Å². The molecule has 0 aliphatic heterocycles. The molecule has 0 unspecified atom stereocenters. The number of tetrazole rings is 1. The minimum absolute atomic E-state index is 0.201. The minimum Gasteiger partial charge on any atom is -0.325 e. The fourth-order valence-corrected chi connectivity index (χ4v) is 3.61. The van der Waals surface area contributed by atoms with Gasteiger partial charge in [-0.3, -0.25) is 4.79 Å². The Labute approximate surface area is 164 Å². The summed E-state index contributed by atoms with van der Waals surface area (Å²) >= 11 is 13.2. The van der Waals surface area contributed by atoms with Gasteiger partial charge < -0.3 is 5.32 Å². The Bertz CT molecular complexity index is 926. The fraction of sp³-hybridized carbons (Fsp3) is 0.176. The number of nitrogens with zero attached hydrogens (tertiary/aromatic N) is 4. The largest absolute Gasteiger partial charge is 0.325 e. The van der Waals surface area contributed by atoms with Crippen LogP contribution in [0.3, 0.4) is 0 Å². The van der Waals surface area contributed by atoms with Gasteiger partial charge in [-0.25, -0.2) is 0 Å². The van der Waals surface area contributed by atoms with Crippen molar-refractivity contribution < 1.29 is 4.79 Å². The Hall–Kier alpha value is -2.09. The maximum atomic E-state index is 12.5. The number of aryl methyl sites for hydroxylation is 1. The van der Waals surface area contributed by atoms with E-state index in [0.29, 0.717) is 20.9 Å². The van der Waals surface area contributed by atoms with Crippen LogP contribution in [-0.2, 0) is 4.79 Å². The number of carbonyl (C=O) groups is 1. The quantitative estimate of drug-likeness (QED) is 0.634. The summed E-state index contributed by atoms with van der Waals surface area (Å²) in [5, 5.41) is 15.6. The highest BCUT2D eigenvalue weighted by Gasteiger charge is 2.20. The summed E-state index contributed by atoms with van der Waals surface area (Å²) < 4.78 is 1.63. The highest BCUT2D eigenvalue weighted by molar-refractivity contribution is 8.00. The topological polar surface area (TPSA) is 72.7 Å². The summed E-state index contributed by atoms with van der Waals surface area (Å²) in [7, 11) is 0. The highest BCUT2D eigenvalue weighted by atomic mass is 35.5. The van der Waals surface area contributed by atoms with Crippen molar-refractivity contribution >= 4 is 46.6 Å². The van der Waals surface area contributed by atoms with Crippen molar-refractivity contribution in [1.29, 1.82) is 0 Å². The first kappa shape index (κ1) is 18.7. The average molecular weight is 408 g/mol. The average Bonchev–Trinajstić information content (AvgIpc) is 3.02. The first-order valence-corrected chi connectivity index (χ1v) is 9.35. The molecule has 0 spiro atoms. The Balaban J connectivity index is 1.74. The molecule has 0 saturated heterocycles. The van der Waals surface area contributed by atoms with Gasteiger partial charge in [0, 0.05) is 15.7 Å². The zero-order valence-corrected chi connectivity index (χ0v) is 16.3. The Morgan fingerprint density at radius 3 is 2.58 bits per heavy atom. The van der Waals surface area contributed by atoms with Crippen LogP contribution in [0.15, 0.2) is 47.6 Å². The molecule has 3 rings (SSSR count). The standard InChI is InChI=1S/C17H15Cl2N5OS/c1-10-5-3-4-6-15(10)24-17(21-22-23-24)26-11(2)16(25)20-14-8-12(18)7-13(19)9-14/h3-9,11H,1-2H3,(H,20,25)/t11-/m0/s1. The molecule has 1 atom stereocenters. The first-order chi connectivity index (χ1) is 12.4. The van der Waals surface area contributed by atoms with Crippen molar-refractivity contribution in [1.82, 2.24) is 20.2 Å². The van der Waals surface area contributed by atoms with E-state index < -0.39 is 5.25 Å². The second-order valence-electron chi connectivity index (χ2n) is 5.57. The Morgan fingerprint density at radius 1 is 1.19 bits per heavy atom. The predicted molar refractivity (Wildman–Crippen MR) is 104 cm³/mol. The van der Waals surface area contributed by atoms with Crippen molar-refractivity contribution in [2.75, 3.05) is 5.32 Å². The van der Waals surface area contributed by atoms with Crippen LogP contribution in [0.5, 0.6) is 0 Å². The highest BCUT2D eigenvalue weighted by Crippen LogP contribution is 2.26. The molecule has 26 heavy (non-hydrogen) atoms. The van der Waals surface area contributed by atoms with E-state index in [-0.39, 0.29) is 5.91 Å². The molecule has 0 fully saturated rings. The van der Waals surface area contributed by atoms with E-state index >= 15 is 0 Å². The molecule has 1 amide bonds. The minimum atomic E-state index is -0.429. The van der Waals surface area contributed by atoms with Crippen molar-refractivity contribution in [3.05, 3.63) is 58.1 Å². The van der Waals surface area contributed by atoms with Gasteiger partial charge in [-0.05, 0) is 54.1 Å². The summed E-state index contributed by atoms with van der Waals surface area (Å²) in [6.45, 7) is 3.76. The molecule has 0 saturated carbocycles. The molecular weight excluding hydrogens is 393 g/mol. The van der Waals surface area contributed by atoms with Crippen LogP contribution in [0, 0.1) is 6.92 Å². The summed E-state index contributed by atoms with van der Waals surface area (Å²) in [5.74, 6) is -0.201. The Kier molecular flexibility index (Phi) is 5.80. The van der Waals surface area contributed by atoms with Crippen molar-refractivity contribution in [3.63, 3.8) is 0 Å². The predicted octanol–water partition coefficient (Wildman–Crippen LogP) is 4.40. The van der Waals surface area contributed by atoms with E-state index in [4.69, 9.17) is 23.2 Å². The molecule has 0 bridgehead atoms. The number of aromatic nitrogens is 4. The van der Waals surface area contributed by atoms with Gasteiger partial charge in [0.2, 0.25) is 11.1 Å². The van der Waals surface area contributed by atoms with Crippen molar-refractivity contribution in [2.24, 2.45) is 0 Å². The van der Waals surface area contributed by atoms with Gasteiger partial charge >= 0.3 is 0 Å². The third-order valence-electron chi connectivity index (χ3n) is 3.57. The van der Waals surface area contributed by atoms with E-state index in [1.807, 2.05) is 31.2 Å². The molecular formula is C17H15Cl2N5OS. The molecule has 0 radical (unpaired) electrons.